The summed E-state index contributed by atoms with van der Waals surface area (Å²) in [6, 6.07) is 8.76. The molecule has 2 aromatic rings. The molecule has 0 aliphatic heterocycles. The van der Waals surface area contributed by atoms with E-state index in [9.17, 15) is 0 Å². The van der Waals surface area contributed by atoms with Crippen molar-refractivity contribution in [3.8, 4) is 0 Å². The highest BCUT2D eigenvalue weighted by molar-refractivity contribution is 14.1. The van der Waals surface area contributed by atoms with Crippen molar-refractivity contribution in [2.24, 2.45) is 0 Å². The summed E-state index contributed by atoms with van der Waals surface area (Å²) in [6.45, 7) is 4.22. The van der Waals surface area contributed by atoms with Crippen LogP contribution in [-0.2, 0) is 0 Å². The van der Waals surface area contributed by atoms with Gasteiger partial charge in [0.2, 0.25) is 0 Å². The zero-order valence-electron chi connectivity index (χ0n) is 9.81. The van der Waals surface area contributed by atoms with Gasteiger partial charge in [0.15, 0.2) is 0 Å². The maximum atomic E-state index is 4.23. The second kappa shape index (κ2) is 5.44. The Labute approximate surface area is 115 Å². The summed E-state index contributed by atoms with van der Waals surface area (Å²) in [5.41, 5.74) is 2.53. The maximum absolute atomic E-state index is 4.23. The minimum absolute atomic E-state index is 0.235. The number of nitrogens with zero attached hydrogens (tertiary/aromatic N) is 2. The molecule has 1 N–H and O–H groups in total. The first kappa shape index (κ1) is 12.3. The lowest BCUT2D eigenvalue weighted by Crippen LogP contribution is -2.09. The van der Waals surface area contributed by atoms with Crippen LogP contribution < -0.4 is 5.32 Å². The third kappa shape index (κ3) is 3.15. The lowest BCUT2D eigenvalue weighted by atomic mass is 10.1. The summed E-state index contributed by atoms with van der Waals surface area (Å²) < 4.78 is 1.03. The number of benzene rings is 1. The van der Waals surface area contributed by atoms with Crippen LogP contribution in [0.25, 0.3) is 0 Å². The van der Waals surface area contributed by atoms with Crippen LogP contribution in [0.1, 0.15) is 24.1 Å². The molecule has 3 nitrogen and oxygen atoms in total. The van der Waals surface area contributed by atoms with E-state index in [2.05, 4.69) is 76.0 Å². The summed E-state index contributed by atoms with van der Waals surface area (Å²) in [4.78, 5) is 8.21. The Hall–Kier alpha value is -1.17. The van der Waals surface area contributed by atoms with Crippen molar-refractivity contribution in [2.45, 2.75) is 19.9 Å². The number of halogens is 1. The van der Waals surface area contributed by atoms with Crippen molar-refractivity contribution < 1.29 is 0 Å². The van der Waals surface area contributed by atoms with Gasteiger partial charge in [0.05, 0.1) is 3.57 Å². The van der Waals surface area contributed by atoms with E-state index < -0.39 is 0 Å². The first-order valence-corrected chi connectivity index (χ1v) is 6.53. The third-order valence-electron chi connectivity index (χ3n) is 2.60. The average molecular weight is 339 g/mol. The molecule has 0 bridgehead atoms. The fourth-order valence-corrected chi connectivity index (χ4v) is 2.02. The van der Waals surface area contributed by atoms with Crippen molar-refractivity contribution in [3.05, 3.63) is 51.5 Å². The molecule has 0 aliphatic carbocycles. The predicted molar refractivity (Wildman–Crippen MR) is 78.0 cm³/mol. The molecule has 4 heteroatoms. The van der Waals surface area contributed by atoms with Crippen LogP contribution in [-0.4, -0.2) is 9.97 Å². The molecule has 0 aliphatic rings. The summed E-state index contributed by atoms with van der Waals surface area (Å²) in [6.07, 6.45) is 3.37. The number of hydrogen-bond acceptors (Lipinski definition) is 3. The molecular formula is C13H14IN3. The van der Waals surface area contributed by atoms with E-state index >= 15 is 0 Å². The lowest BCUT2D eigenvalue weighted by molar-refractivity contribution is 0.869. The first-order chi connectivity index (χ1) is 8.16. The van der Waals surface area contributed by atoms with Crippen LogP contribution in [0.15, 0.2) is 36.8 Å². The van der Waals surface area contributed by atoms with Gasteiger partial charge in [0.25, 0.3) is 0 Å². The van der Waals surface area contributed by atoms with Gasteiger partial charge in [-0.3, -0.25) is 0 Å². The second-order valence-corrected chi connectivity index (χ2v) is 5.16. The van der Waals surface area contributed by atoms with E-state index in [4.69, 9.17) is 0 Å². The summed E-state index contributed by atoms with van der Waals surface area (Å²) in [7, 11) is 0. The van der Waals surface area contributed by atoms with E-state index in [-0.39, 0.29) is 6.04 Å². The molecule has 1 aromatic heterocycles. The zero-order valence-corrected chi connectivity index (χ0v) is 12.0. The van der Waals surface area contributed by atoms with Gasteiger partial charge in [-0.1, -0.05) is 29.8 Å². The fourth-order valence-electron chi connectivity index (χ4n) is 1.56. The molecule has 2 rings (SSSR count). The van der Waals surface area contributed by atoms with Crippen LogP contribution in [0, 0.1) is 10.5 Å². The van der Waals surface area contributed by atoms with Gasteiger partial charge < -0.3 is 5.32 Å². The Morgan fingerprint density at radius 3 is 2.59 bits per heavy atom. The number of aryl methyl sites for hydroxylation is 1. The molecule has 0 radical (unpaired) electrons. The van der Waals surface area contributed by atoms with Gasteiger partial charge >= 0.3 is 0 Å². The molecule has 0 amide bonds. The van der Waals surface area contributed by atoms with Gasteiger partial charge in [-0.05, 0) is 42.0 Å². The molecule has 1 aromatic carbocycles. The average Bonchev–Trinajstić information content (AvgIpc) is 2.33. The Morgan fingerprint density at radius 2 is 1.94 bits per heavy atom. The molecule has 17 heavy (non-hydrogen) atoms. The van der Waals surface area contributed by atoms with E-state index in [1.165, 1.54) is 11.1 Å². The van der Waals surface area contributed by atoms with Crippen molar-refractivity contribution >= 4 is 28.4 Å². The number of nitrogens with one attached hydrogen (secondary N) is 1. The molecule has 0 spiro atoms. The summed E-state index contributed by atoms with van der Waals surface area (Å²) >= 11 is 2.23. The summed E-state index contributed by atoms with van der Waals surface area (Å²) in [5, 5.41) is 3.39. The smallest absolute Gasteiger partial charge is 0.143 e. The van der Waals surface area contributed by atoms with Gasteiger partial charge in [-0.25, -0.2) is 9.97 Å². The minimum Gasteiger partial charge on any atom is -0.363 e. The lowest BCUT2D eigenvalue weighted by Gasteiger charge is -2.15. The van der Waals surface area contributed by atoms with E-state index in [0.717, 1.165) is 9.39 Å². The predicted octanol–water partition coefficient (Wildman–Crippen LogP) is 3.56. The molecule has 1 atom stereocenters. The second-order valence-electron chi connectivity index (χ2n) is 4.00. The molecule has 88 valence electrons. The SMILES string of the molecule is Cc1ccc(C(C)Nc2ncncc2I)cc1. The highest BCUT2D eigenvalue weighted by atomic mass is 127. The fraction of sp³-hybridized carbons (Fsp3) is 0.231. The van der Waals surface area contributed by atoms with Crippen LogP contribution in [0.5, 0.6) is 0 Å². The van der Waals surface area contributed by atoms with Crippen LogP contribution in [0.3, 0.4) is 0 Å². The number of hydrogen-bond donors (Lipinski definition) is 1. The summed E-state index contributed by atoms with van der Waals surface area (Å²) in [5.74, 6) is 0.883. The Balaban J connectivity index is 2.14. The van der Waals surface area contributed by atoms with E-state index in [0.29, 0.717) is 0 Å². The number of aromatic nitrogens is 2. The Kier molecular flexibility index (Phi) is 3.93. The zero-order chi connectivity index (χ0) is 12.3. The Morgan fingerprint density at radius 1 is 1.24 bits per heavy atom. The highest BCUT2D eigenvalue weighted by Crippen LogP contribution is 2.21. The van der Waals surface area contributed by atoms with Crippen LogP contribution in [0.4, 0.5) is 5.82 Å². The van der Waals surface area contributed by atoms with E-state index in [1.807, 2.05) is 0 Å². The molecule has 1 unspecified atom stereocenters. The quantitative estimate of drug-likeness (QED) is 0.869. The van der Waals surface area contributed by atoms with Crippen molar-refractivity contribution in [2.75, 3.05) is 5.32 Å². The molecule has 0 fully saturated rings. The largest absolute Gasteiger partial charge is 0.363 e. The third-order valence-corrected chi connectivity index (χ3v) is 3.39. The topological polar surface area (TPSA) is 37.8 Å². The van der Waals surface area contributed by atoms with Crippen molar-refractivity contribution in [1.82, 2.24) is 9.97 Å². The van der Waals surface area contributed by atoms with E-state index in [1.54, 1.807) is 12.5 Å². The molecule has 0 saturated carbocycles. The number of anilines is 1. The van der Waals surface area contributed by atoms with Crippen molar-refractivity contribution in [1.29, 1.82) is 0 Å². The van der Waals surface area contributed by atoms with Gasteiger partial charge in [0, 0.05) is 12.2 Å². The van der Waals surface area contributed by atoms with Gasteiger partial charge in [-0.2, -0.15) is 0 Å². The minimum atomic E-state index is 0.235. The van der Waals surface area contributed by atoms with Crippen molar-refractivity contribution in [3.63, 3.8) is 0 Å². The molecule has 0 saturated heterocycles. The molecule has 1 heterocycles. The maximum Gasteiger partial charge on any atom is 0.143 e. The Bertz CT molecular complexity index is 496. The van der Waals surface area contributed by atoms with Crippen LogP contribution in [0.2, 0.25) is 0 Å². The molecular weight excluding hydrogens is 325 g/mol. The monoisotopic (exact) mass is 339 g/mol. The van der Waals surface area contributed by atoms with Crippen LogP contribution >= 0.6 is 22.6 Å². The normalized spacial score (nSPS) is 12.2. The van der Waals surface area contributed by atoms with Gasteiger partial charge in [-0.15, -0.1) is 0 Å². The number of rotatable bonds is 3. The van der Waals surface area contributed by atoms with Gasteiger partial charge in [0.1, 0.15) is 12.1 Å². The standard InChI is InChI=1S/C13H14IN3/c1-9-3-5-11(6-4-9)10(2)17-13-12(14)7-15-8-16-13/h3-8,10H,1-2H3,(H,15,16,17). The highest BCUT2D eigenvalue weighted by Gasteiger charge is 2.07. The first-order valence-electron chi connectivity index (χ1n) is 5.45.